The van der Waals surface area contributed by atoms with Crippen LogP contribution < -0.4 is 16.7 Å². The molecule has 12 nitrogen and oxygen atoms in total. The van der Waals surface area contributed by atoms with Crippen molar-refractivity contribution in [1.29, 1.82) is 0 Å². The summed E-state index contributed by atoms with van der Waals surface area (Å²) in [4.78, 5) is 22.8. The van der Waals surface area contributed by atoms with Gasteiger partial charge in [0, 0.05) is 5.02 Å². The first-order valence-corrected chi connectivity index (χ1v) is 9.21. The smallest absolute Gasteiger partial charge is 0.280 e. The highest BCUT2D eigenvalue weighted by molar-refractivity contribution is 6.30. The molecule has 1 fully saturated rings. The van der Waals surface area contributed by atoms with Gasteiger partial charge >= 0.3 is 0 Å². The van der Waals surface area contributed by atoms with Crippen LogP contribution in [0.4, 0.5) is 11.9 Å². The maximum Gasteiger partial charge on any atom is 0.280 e. The van der Waals surface area contributed by atoms with E-state index in [0.29, 0.717) is 5.02 Å². The van der Waals surface area contributed by atoms with Crippen molar-refractivity contribution in [2.24, 2.45) is 5.10 Å². The number of nitrogens with two attached hydrogens (primary N) is 1. The molecule has 1 aliphatic rings. The molecule has 3 heterocycles. The number of aromatic amines is 1. The molecule has 3 aromatic rings. The minimum atomic E-state index is -1.43. The van der Waals surface area contributed by atoms with Crippen molar-refractivity contribution in [3.8, 4) is 0 Å². The number of H-pyrrole nitrogens is 1. The van der Waals surface area contributed by atoms with E-state index in [1.54, 1.807) is 24.3 Å². The molecule has 0 saturated carbocycles. The molecule has 1 saturated heterocycles. The Labute approximate surface area is 173 Å². The quantitative estimate of drug-likeness (QED) is 0.225. The fourth-order valence-electron chi connectivity index (χ4n) is 3.13. The number of hydrogen-bond donors (Lipinski definition) is 6. The van der Waals surface area contributed by atoms with Crippen LogP contribution in [0, 0.1) is 0 Å². The van der Waals surface area contributed by atoms with Gasteiger partial charge in [0.25, 0.3) is 5.56 Å². The minimum Gasteiger partial charge on any atom is -0.394 e. The lowest BCUT2D eigenvalue weighted by molar-refractivity contribution is -0.0501. The van der Waals surface area contributed by atoms with Crippen LogP contribution in [0.15, 0.2) is 34.2 Å². The predicted octanol–water partition coefficient (Wildman–Crippen LogP) is -0.587. The van der Waals surface area contributed by atoms with Gasteiger partial charge in [0.1, 0.15) is 18.3 Å². The highest BCUT2D eigenvalue weighted by Gasteiger charge is 2.45. The monoisotopic (exact) mass is 435 g/mol. The molecule has 0 amide bonds. The molecule has 158 valence electrons. The number of aliphatic hydroxyl groups is 3. The Morgan fingerprint density at radius 2 is 2.03 bits per heavy atom. The van der Waals surface area contributed by atoms with Crippen LogP contribution in [-0.4, -0.2) is 66.0 Å². The Bertz CT molecular complexity index is 1150. The lowest BCUT2D eigenvalue weighted by Gasteiger charge is -2.18. The maximum absolute atomic E-state index is 12.3. The van der Waals surface area contributed by atoms with Gasteiger partial charge in [-0.2, -0.15) is 10.1 Å². The number of fused-ring (bicyclic) bond motifs is 1. The first-order valence-electron chi connectivity index (χ1n) is 8.84. The zero-order valence-electron chi connectivity index (χ0n) is 15.3. The van der Waals surface area contributed by atoms with Crippen LogP contribution in [0.5, 0.6) is 0 Å². The van der Waals surface area contributed by atoms with Gasteiger partial charge in [-0.3, -0.25) is 14.3 Å². The summed E-state index contributed by atoms with van der Waals surface area (Å²) in [5, 5.41) is 34.6. The lowest BCUT2D eigenvalue weighted by Crippen LogP contribution is -2.33. The normalized spacial score (nSPS) is 24.1. The Hall–Kier alpha value is -3.03. The SMILES string of the molecule is Nc1nc2c(nc(N/N=C/c3ccc(Cl)cc3)n2C2OC(CO)C(O)C2O)c(=O)[nH]1. The number of halogens is 1. The summed E-state index contributed by atoms with van der Waals surface area (Å²) >= 11 is 5.86. The molecular weight excluding hydrogens is 418 g/mol. The molecule has 1 aromatic carbocycles. The van der Waals surface area contributed by atoms with Gasteiger partial charge < -0.3 is 25.8 Å². The van der Waals surface area contributed by atoms with E-state index in [1.165, 1.54) is 10.8 Å². The Morgan fingerprint density at radius 1 is 1.30 bits per heavy atom. The van der Waals surface area contributed by atoms with Crippen molar-refractivity contribution in [3.63, 3.8) is 0 Å². The second-order valence-electron chi connectivity index (χ2n) is 6.58. The van der Waals surface area contributed by atoms with Crippen LogP contribution >= 0.6 is 11.6 Å². The number of aromatic nitrogens is 4. The third-order valence-corrected chi connectivity index (χ3v) is 4.84. The molecule has 4 rings (SSSR count). The van der Waals surface area contributed by atoms with Crippen LogP contribution in [0.25, 0.3) is 11.2 Å². The van der Waals surface area contributed by atoms with E-state index in [2.05, 4.69) is 25.5 Å². The summed E-state index contributed by atoms with van der Waals surface area (Å²) in [6.07, 6.45) is -3.54. The second kappa shape index (κ2) is 8.01. The fourth-order valence-corrected chi connectivity index (χ4v) is 3.25. The topological polar surface area (TPSA) is 184 Å². The molecule has 0 aliphatic carbocycles. The summed E-state index contributed by atoms with van der Waals surface area (Å²) in [7, 11) is 0. The molecule has 13 heteroatoms. The summed E-state index contributed by atoms with van der Waals surface area (Å²) < 4.78 is 6.81. The lowest BCUT2D eigenvalue weighted by atomic mass is 10.1. The van der Waals surface area contributed by atoms with Crippen molar-refractivity contribution in [2.45, 2.75) is 24.5 Å². The zero-order valence-corrected chi connectivity index (χ0v) is 16.1. The molecule has 0 radical (unpaired) electrons. The summed E-state index contributed by atoms with van der Waals surface area (Å²) in [5.41, 5.74) is 8.39. The van der Waals surface area contributed by atoms with Crippen LogP contribution in [-0.2, 0) is 4.74 Å². The third kappa shape index (κ3) is 3.62. The van der Waals surface area contributed by atoms with E-state index in [1.807, 2.05) is 0 Å². The van der Waals surface area contributed by atoms with Crippen molar-refractivity contribution < 1.29 is 20.1 Å². The van der Waals surface area contributed by atoms with Crippen LogP contribution in [0.2, 0.25) is 5.02 Å². The molecule has 1 aliphatic heterocycles. The number of aliphatic hydroxyl groups excluding tert-OH is 3. The highest BCUT2D eigenvalue weighted by atomic mass is 35.5. The van der Waals surface area contributed by atoms with E-state index in [9.17, 15) is 20.1 Å². The molecule has 0 bridgehead atoms. The maximum atomic E-state index is 12.3. The van der Waals surface area contributed by atoms with Crippen molar-refractivity contribution in [1.82, 2.24) is 19.5 Å². The van der Waals surface area contributed by atoms with Gasteiger partial charge in [-0.15, -0.1) is 0 Å². The molecule has 7 N–H and O–H groups in total. The number of nitrogens with one attached hydrogen (secondary N) is 2. The number of benzene rings is 1. The number of hydrazone groups is 1. The Kier molecular flexibility index (Phi) is 5.40. The van der Waals surface area contributed by atoms with E-state index >= 15 is 0 Å². The van der Waals surface area contributed by atoms with Gasteiger partial charge in [0.05, 0.1) is 12.8 Å². The second-order valence-corrected chi connectivity index (χ2v) is 7.02. The molecule has 4 unspecified atom stereocenters. The number of hydrogen-bond acceptors (Lipinski definition) is 10. The summed E-state index contributed by atoms with van der Waals surface area (Å²) in [6.45, 7) is -0.519. The van der Waals surface area contributed by atoms with Crippen molar-refractivity contribution in [2.75, 3.05) is 17.8 Å². The molecular formula is C17H18ClN7O5. The molecule has 4 atom stereocenters. The summed E-state index contributed by atoms with van der Waals surface area (Å²) in [6, 6.07) is 6.89. The van der Waals surface area contributed by atoms with Gasteiger partial charge in [-0.1, -0.05) is 23.7 Å². The van der Waals surface area contributed by atoms with Crippen molar-refractivity contribution >= 4 is 40.9 Å². The molecule has 0 spiro atoms. The fraction of sp³-hybridized carbons (Fsp3) is 0.294. The van der Waals surface area contributed by atoms with E-state index in [-0.39, 0.29) is 23.1 Å². The minimum absolute atomic E-state index is 0.00801. The standard InChI is InChI=1S/C17H18ClN7O5/c18-8-3-1-7(2-4-8)5-20-24-17-21-10-13(22-16(19)23-14(10)29)25(17)15-12(28)11(27)9(6-26)30-15/h1-5,9,11-12,15,26-28H,6H2,(H,21,24)(H3,19,22,23,29)/b20-5+. The first-order chi connectivity index (χ1) is 14.4. The predicted molar refractivity (Wildman–Crippen MR) is 108 cm³/mol. The van der Waals surface area contributed by atoms with E-state index < -0.39 is 36.7 Å². The Balaban J connectivity index is 1.75. The van der Waals surface area contributed by atoms with Crippen molar-refractivity contribution in [3.05, 3.63) is 45.2 Å². The number of nitrogens with zero attached hydrogens (tertiary/aromatic N) is 4. The van der Waals surface area contributed by atoms with Gasteiger partial charge in [0.15, 0.2) is 17.4 Å². The number of nitrogen functional groups attached to an aromatic ring is 1. The van der Waals surface area contributed by atoms with Gasteiger partial charge in [-0.25, -0.2) is 10.4 Å². The first kappa shape index (κ1) is 20.3. The highest BCUT2D eigenvalue weighted by Crippen LogP contribution is 2.33. The van der Waals surface area contributed by atoms with Gasteiger partial charge in [0.2, 0.25) is 11.9 Å². The largest absolute Gasteiger partial charge is 0.394 e. The number of imidazole rings is 1. The number of anilines is 2. The van der Waals surface area contributed by atoms with E-state index in [4.69, 9.17) is 22.1 Å². The average Bonchev–Trinajstić information content (AvgIpc) is 3.21. The van der Waals surface area contributed by atoms with E-state index in [0.717, 1.165) is 5.56 Å². The average molecular weight is 436 g/mol. The zero-order chi connectivity index (χ0) is 21.4. The number of ether oxygens (including phenoxy) is 1. The molecule has 2 aromatic heterocycles. The van der Waals surface area contributed by atoms with Crippen LogP contribution in [0.3, 0.4) is 0 Å². The molecule has 30 heavy (non-hydrogen) atoms. The van der Waals surface area contributed by atoms with Crippen LogP contribution in [0.1, 0.15) is 11.8 Å². The van der Waals surface area contributed by atoms with Gasteiger partial charge in [-0.05, 0) is 17.7 Å². The third-order valence-electron chi connectivity index (χ3n) is 4.59. The number of rotatable bonds is 5. The Morgan fingerprint density at radius 3 is 2.70 bits per heavy atom. The summed E-state index contributed by atoms with van der Waals surface area (Å²) in [5.74, 6) is -0.162.